The SMILES string of the molecule is Fc1cccc(Cl)c1Cc1n[nH]c(=S)n1-c1cccc2ccccc12. The van der Waals surface area contributed by atoms with Gasteiger partial charge in [0.25, 0.3) is 0 Å². The lowest BCUT2D eigenvalue weighted by atomic mass is 10.1. The Hall–Kier alpha value is -2.50. The maximum Gasteiger partial charge on any atom is 0.199 e. The van der Waals surface area contributed by atoms with Crippen molar-refractivity contribution >= 4 is 34.6 Å². The van der Waals surface area contributed by atoms with Crippen molar-refractivity contribution in [2.45, 2.75) is 6.42 Å². The highest BCUT2D eigenvalue weighted by molar-refractivity contribution is 7.71. The minimum absolute atomic E-state index is 0.238. The molecule has 4 aromatic rings. The quantitative estimate of drug-likeness (QED) is 0.486. The molecule has 1 aromatic heterocycles. The monoisotopic (exact) mass is 369 g/mol. The van der Waals surface area contributed by atoms with Crippen molar-refractivity contribution in [1.29, 1.82) is 0 Å². The fourth-order valence-corrected chi connectivity index (χ4v) is 3.44. The predicted octanol–water partition coefficient (Wildman–Crippen LogP) is 5.47. The summed E-state index contributed by atoms with van der Waals surface area (Å²) < 4.78 is 16.5. The van der Waals surface area contributed by atoms with Crippen LogP contribution in [0.4, 0.5) is 4.39 Å². The van der Waals surface area contributed by atoms with E-state index in [1.165, 1.54) is 6.07 Å². The molecule has 0 amide bonds. The lowest BCUT2D eigenvalue weighted by Gasteiger charge is -2.11. The molecule has 3 aromatic carbocycles. The number of hydrogen-bond acceptors (Lipinski definition) is 2. The second kappa shape index (κ2) is 6.43. The Labute approximate surface area is 153 Å². The van der Waals surface area contributed by atoms with E-state index in [-0.39, 0.29) is 12.2 Å². The highest BCUT2D eigenvalue weighted by atomic mass is 35.5. The van der Waals surface area contributed by atoms with Gasteiger partial charge in [0.1, 0.15) is 11.6 Å². The molecule has 0 spiro atoms. The van der Waals surface area contributed by atoms with E-state index in [9.17, 15) is 4.39 Å². The number of aromatic nitrogens is 3. The third-order valence-electron chi connectivity index (χ3n) is 4.15. The maximum absolute atomic E-state index is 14.2. The number of fused-ring (bicyclic) bond motifs is 1. The first-order valence-corrected chi connectivity index (χ1v) is 8.51. The Morgan fingerprint density at radius 1 is 1.04 bits per heavy atom. The Kier molecular flexibility index (Phi) is 4.11. The molecule has 0 radical (unpaired) electrons. The third-order valence-corrected chi connectivity index (χ3v) is 4.77. The van der Waals surface area contributed by atoms with Gasteiger partial charge in [0.2, 0.25) is 0 Å². The molecule has 1 heterocycles. The topological polar surface area (TPSA) is 33.6 Å². The summed E-state index contributed by atoms with van der Waals surface area (Å²) in [5.74, 6) is 0.249. The molecule has 0 saturated heterocycles. The molecule has 3 nitrogen and oxygen atoms in total. The molecular formula is C19H13ClFN3S. The van der Waals surface area contributed by atoms with Crippen molar-refractivity contribution in [2.75, 3.05) is 0 Å². The van der Waals surface area contributed by atoms with E-state index in [0.717, 1.165) is 16.5 Å². The third kappa shape index (κ3) is 2.86. The van der Waals surface area contributed by atoms with Crippen LogP contribution in [0.5, 0.6) is 0 Å². The van der Waals surface area contributed by atoms with Gasteiger partial charge in [-0.25, -0.2) is 4.39 Å². The second-order valence-corrected chi connectivity index (χ2v) is 6.45. The van der Waals surface area contributed by atoms with E-state index in [1.807, 2.05) is 47.0 Å². The normalized spacial score (nSPS) is 11.1. The number of H-pyrrole nitrogens is 1. The Bertz CT molecular complexity index is 1110. The highest BCUT2D eigenvalue weighted by Crippen LogP contribution is 2.26. The van der Waals surface area contributed by atoms with Crippen LogP contribution in [-0.4, -0.2) is 14.8 Å². The average molecular weight is 370 g/mol. The summed E-state index contributed by atoms with van der Waals surface area (Å²) in [7, 11) is 0. The average Bonchev–Trinajstić information content (AvgIpc) is 2.98. The van der Waals surface area contributed by atoms with E-state index in [1.54, 1.807) is 12.1 Å². The maximum atomic E-state index is 14.2. The zero-order chi connectivity index (χ0) is 17.4. The summed E-state index contributed by atoms with van der Waals surface area (Å²) in [4.78, 5) is 0. The smallest absolute Gasteiger partial charge is 0.199 e. The molecule has 0 aliphatic heterocycles. The van der Waals surface area contributed by atoms with E-state index >= 15 is 0 Å². The van der Waals surface area contributed by atoms with Gasteiger partial charge in [-0.2, -0.15) is 5.10 Å². The fraction of sp³-hybridized carbons (Fsp3) is 0.0526. The first-order chi connectivity index (χ1) is 12.1. The molecule has 0 unspecified atom stereocenters. The van der Waals surface area contributed by atoms with Crippen LogP contribution in [0.1, 0.15) is 11.4 Å². The number of nitrogens with one attached hydrogen (secondary N) is 1. The van der Waals surface area contributed by atoms with Crippen LogP contribution in [0.3, 0.4) is 0 Å². The molecular weight excluding hydrogens is 357 g/mol. The summed E-state index contributed by atoms with van der Waals surface area (Å²) in [6.07, 6.45) is 0.238. The summed E-state index contributed by atoms with van der Waals surface area (Å²) in [5, 5.41) is 9.62. The van der Waals surface area contributed by atoms with Crippen molar-refractivity contribution in [2.24, 2.45) is 0 Å². The number of hydrogen-bond donors (Lipinski definition) is 1. The summed E-state index contributed by atoms with van der Waals surface area (Å²) >= 11 is 11.6. The van der Waals surface area contributed by atoms with Crippen molar-refractivity contribution in [1.82, 2.24) is 14.8 Å². The van der Waals surface area contributed by atoms with Gasteiger partial charge in [-0.3, -0.25) is 9.67 Å². The lowest BCUT2D eigenvalue weighted by molar-refractivity contribution is 0.611. The molecule has 0 aliphatic carbocycles. The summed E-state index contributed by atoms with van der Waals surface area (Å²) in [6.45, 7) is 0. The second-order valence-electron chi connectivity index (χ2n) is 5.66. The largest absolute Gasteiger partial charge is 0.271 e. The van der Waals surface area contributed by atoms with E-state index in [0.29, 0.717) is 21.2 Å². The summed E-state index contributed by atoms with van der Waals surface area (Å²) in [5.41, 5.74) is 1.30. The molecule has 124 valence electrons. The fourth-order valence-electron chi connectivity index (χ4n) is 2.96. The van der Waals surface area contributed by atoms with Crippen LogP contribution in [0.25, 0.3) is 16.5 Å². The van der Waals surface area contributed by atoms with Crippen LogP contribution >= 0.6 is 23.8 Å². The minimum Gasteiger partial charge on any atom is -0.271 e. The zero-order valence-electron chi connectivity index (χ0n) is 13.0. The number of rotatable bonds is 3. The molecule has 0 saturated carbocycles. The molecule has 0 bridgehead atoms. The lowest BCUT2D eigenvalue weighted by Crippen LogP contribution is -2.05. The van der Waals surface area contributed by atoms with Gasteiger partial charge in [0, 0.05) is 22.4 Å². The Morgan fingerprint density at radius 3 is 2.64 bits per heavy atom. The van der Waals surface area contributed by atoms with Gasteiger partial charge in [-0.15, -0.1) is 0 Å². The van der Waals surface area contributed by atoms with Crippen molar-refractivity contribution < 1.29 is 4.39 Å². The Morgan fingerprint density at radius 2 is 1.80 bits per heavy atom. The van der Waals surface area contributed by atoms with Crippen LogP contribution in [0.15, 0.2) is 60.7 Å². The van der Waals surface area contributed by atoms with Gasteiger partial charge in [-0.05, 0) is 35.8 Å². The van der Waals surface area contributed by atoms with Gasteiger partial charge < -0.3 is 0 Å². The molecule has 0 fully saturated rings. The van der Waals surface area contributed by atoms with Crippen LogP contribution in [0.2, 0.25) is 5.02 Å². The van der Waals surface area contributed by atoms with Gasteiger partial charge >= 0.3 is 0 Å². The van der Waals surface area contributed by atoms with Crippen LogP contribution in [0, 0.1) is 10.6 Å². The molecule has 0 atom stereocenters. The molecule has 4 rings (SSSR count). The minimum atomic E-state index is -0.356. The molecule has 1 N–H and O–H groups in total. The zero-order valence-corrected chi connectivity index (χ0v) is 14.6. The predicted molar refractivity (Wildman–Crippen MR) is 100 cm³/mol. The van der Waals surface area contributed by atoms with E-state index in [4.69, 9.17) is 23.8 Å². The number of aromatic amines is 1. The molecule has 0 aliphatic rings. The molecule has 6 heteroatoms. The first-order valence-electron chi connectivity index (χ1n) is 7.72. The van der Waals surface area contributed by atoms with E-state index in [2.05, 4.69) is 10.2 Å². The van der Waals surface area contributed by atoms with E-state index < -0.39 is 0 Å². The first kappa shape index (κ1) is 16.0. The van der Waals surface area contributed by atoms with Gasteiger partial charge in [0.15, 0.2) is 4.77 Å². The number of benzene rings is 3. The number of halogens is 2. The van der Waals surface area contributed by atoms with Crippen LogP contribution in [-0.2, 0) is 6.42 Å². The number of nitrogens with zero attached hydrogens (tertiary/aromatic N) is 2. The van der Waals surface area contributed by atoms with Gasteiger partial charge in [-0.1, -0.05) is 54.1 Å². The van der Waals surface area contributed by atoms with Crippen molar-refractivity contribution in [3.63, 3.8) is 0 Å². The Balaban J connectivity index is 1.90. The van der Waals surface area contributed by atoms with Gasteiger partial charge in [0.05, 0.1) is 5.69 Å². The van der Waals surface area contributed by atoms with Crippen LogP contribution < -0.4 is 0 Å². The highest BCUT2D eigenvalue weighted by Gasteiger charge is 2.15. The summed E-state index contributed by atoms with van der Waals surface area (Å²) in [6, 6.07) is 18.7. The van der Waals surface area contributed by atoms with Crippen molar-refractivity contribution in [3.8, 4) is 5.69 Å². The van der Waals surface area contributed by atoms with Crippen molar-refractivity contribution in [3.05, 3.63) is 87.7 Å². The molecule has 25 heavy (non-hydrogen) atoms. The standard InChI is InChI=1S/C19H13ClFN3S/c20-15-8-4-9-16(21)14(15)11-18-22-23-19(25)24(18)17-10-3-6-12-5-1-2-7-13(12)17/h1-10H,11H2,(H,23,25).